The van der Waals surface area contributed by atoms with E-state index < -0.39 is 5.60 Å². The molecule has 31 heavy (non-hydrogen) atoms. The molecule has 1 amide bonds. The van der Waals surface area contributed by atoms with Crippen LogP contribution in [0.15, 0.2) is 18.2 Å². The number of ether oxygens (including phenoxy) is 3. The molecule has 1 aromatic carbocycles. The van der Waals surface area contributed by atoms with Crippen molar-refractivity contribution in [3.8, 4) is 5.75 Å². The van der Waals surface area contributed by atoms with E-state index in [2.05, 4.69) is 23.2 Å². The molecule has 1 heterocycles. The van der Waals surface area contributed by atoms with Gasteiger partial charge in [0.2, 0.25) is 0 Å². The summed E-state index contributed by atoms with van der Waals surface area (Å²) in [6.07, 6.45) is -0.249. The second-order valence-electron chi connectivity index (χ2n) is 8.81. The lowest BCUT2D eigenvalue weighted by molar-refractivity contribution is -0.142. The SMILES string of the molecule is CCOC(=O)CNCc1ccc(CN2CCN(C(=O)OC(C)(C)C)[C@@H](C)C2)cc1OC. The van der Waals surface area contributed by atoms with Crippen LogP contribution in [0.4, 0.5) is 4.79 Å². The number of carbonyl (C=O) groups excluding carboxylic acids is 2. The van der Waals surface area contributed by atoms with Crippen molar-refractivity contribution in [3.63, 3.8) is 0 Å². The van der Waals surface area contributed by atoms with Gasteiger partial charge in [0, 0.05) is 44.3 Å². The van der Waals surface area contributed by atoms with E-state index in [1.54, 1.807) is 18.9 Å². The molecule has 0 spiro atoms. The summed E-state index contributed by atoms with van der Waals surface area (Å²) in [6.45, 7) is 13.5. The predicted molar refractivity (Wildman–Crippen MR) is 119 cm³/mol. The normalized spacial score (nSPS) is 17.4. The Morgan fingerprint density at radius 2 is 1.97 bits per heavy atom. The molecule has 0 radical (unpaired) electrons. The summed E-state index contributed by atoms with van der Waals surface area (Å²) >= 11 is 0. The lowest BCUT2D eigenvalue weighted by Crippen LogP contribution is -2.54. The molecule has 8 nitrogen and oxygen atoms in total. The summed E-state index contributed by atoms with van der Waals surface area (Å²) in [7, 11) is 1.65. The molecule has 0 bridgehead atoms. The molecule has 1 aliphatic heterocycles. The number of esters is 1. The van der Waals surface area contributed by atoms with Gasteiger partial charge in [0.1, 0.15) is 11.4 Å². The minimum absolute atomic E-state index is 0.0804. The van der Waals surface area contributed by atoms with E-state index in [1.165, 1.54) is 0 Å². The molecular formula is C23H37N3O5. The standard InChI is InChI=1S/C23H37N3O5/c1-7-30-21(27)14-24-13-19-9-8-18(12-20(19)29-6)16-25-10-11-26(17(2)15-25)22(28)31-23(3,4)5/h8-9,12,17,24H,7,10-11,13-16H2,1-6H3/t17-/m0/s1. The maximum atomic E-state index is 12.4. The van der Waals surface area contributed by atoms with Crippen LogP contribution in [0.25, 0.3) is 0 Å². The average Bonchev–Trinajstić information content (AvgIpc) is 2.67. The molecule has 1 atom stereocenters. The molecule has 1 saturated heterocycles. The highest BCUT2D eigenvalue weighted by Gasteiger charge is 2.30. The Balaban J connectivity index is 1.90. The fraction of sp³-hybridized carbons (Fsp3) is 0.652. The van der Waals surface area contributed by atoms with Crippen molar-refractivity contribution in [2.75, 3.05) is 39.9 Å². The number of hydrogen-bond donors (Lipinski definition) is 1. The second kappa shape index (κ2) is 11.3. The third-order valence-electron chi connectivity index (χ3n) is 4.99. The Labute approximate surface area is 185 Å². The minimum Gasteiger partial charge on any atom is -0.496 e. The number of piperazine rings is 1. The zero-order chi connectivity index (χ0) is 23.0. The van der Waals surface area contributed by atoms with Crippen LogP contribution in [0.2, 0.25) is 0 Å². The molecule has 0 unspecified atom stereocenters. The van der Waals surface area contributed by atoms with Crippen molar-refractivity contribution < 1.29 is 23.8 Å². The van der Waals surface area contributed by atoms with Crippen molar-refractivity contribution in [2.24, 2.45) is 0 Å². The Morgan fingerprint density at radius 3 is 2.58 bits per heavy atom. The molecule has 1 aromatic rings. The van der Waals surface area contributed by atoms with Crippen LogP contribution in [0.1, 0.15) is 45.7 Å². The van der Waals surface area contributed by atoms with E-state index in [1.807, 2.05) is 32.9 Å². The van der Waals surface area contributed by atoms with Gasteiger partial charge < -0.3 is 24.4 Å². The summed E-state index contributed by atoms with van der Waals surface area (Å²) < 4.78 is 16.0. The molecule has 0 aromatic heterocycles. The van der Waals surface area contributed by atoms with Gasteiger partial charge in [-0.2, -0.15) is 0 Å². The first-order valence-electron chi connectivity index (χ1n) is 10.9. The van der Waals surface area contributed by atoms with Gasteiger partial charge in [-0.15, -0.1) is 0 Å². The van der Waals surface area contributed by atoms with Gasteiger partial charge in [-0.3, -0.25) is 9.69 Å². The smallest absolute Gasteiger partial charge is 0.410 e. The zero-order valence-corrected chi connectivity index (χ0v) is 19.7. The number of nitrogens with one attached hydrogen (secondary N) is 1. The van der Waals surface area contributed by atoms with Crippen molar-refractivity contribution in [1.29, 1.82) is 0 Å². The molecular weight excluding hydrogens is 398 g/mol. The monoisotopic (exact) mass is 435 g/mol. The quantitative estimate of drug-likeness (QED) is 0.629. The third kappa shape index (κ3) is 8.03. The van der Waals surface area contributed by atoms with Crippen LogP contribution < -0.4 is 10.1 Å². The van der Waals surface area contributed by atoms with Gasteiger partial charge in [0.25, 0.3) is 0 Å². The Kier molecular flexibility index (Phi) is 9.13. The van der Waals surface area contributed by atoms with Crippen molar-refractivity contribution in [2.45, 2.75) is 59.4 Å². The summed E-state index contributed by atoms with van der Waals surface area (Å²) in [5.74, 6) is 0.520. The van der Waals surface area contributed by atoms with Gasteiger partial charge in [0.05, 0.1) is 20.3 Å². The fourth-order valence-electron chi connectivity index (χ4n) is 3.57. The van der Waals surface area contributed by atoms with E-state index in [0.29, 0.717) is 19.7 Å². The fourth-order valence-corrected chi connectivity index (χ4v) is 3.57. The highest BCUT2D eigenvalue weighted by Crippen LogP contribution is 2.23. The van der Waals surface area contributed by atoms with Crippen LogP contribution in [-0.4, -0.2) is 73.4 Å². The van der Waals surface area contributed by atoms with Crippen molar-refractivity contribution >= 4 is 12.1 Å². The maximum absolute atomic E-state index is 12.4. The first kappa shape index (κ1) is 24.9. The zero-order valence-electron chi connectivity index (χ0n) is 19.7. The van der Waals surface area contributed by atoms with Crippen LogP contribution in [0, 0.1) is 0 Å². The number of methoxy groups -OCH3 is 1. The number of hydrogen-bond acceptors (Lipinski definition) is 7. The Bertz CT molecular complexity index is 747. The summed E-state index contributed by atoms with van der Waals surface area (Å²) in [4.78, 5) is 28.0. The lowest BCUT2D eigenvalue weighted by atomic mass is 10.1. The largest absolute Gasteiger partial charge is 0.496 e. The average molecular weight is 436 g/mol. The first-order valence-corrected chi connectivity index (χ1v) is 10.9. The molecule has 8 heteroatoms. The van der Waals surface area contributed by atoms with E-state index in [9.17, 15) is 9.59 Å². The summed E-state index contributed by atoms with van der Waals surface area (Å²) in [5, 5.41) is 3.08. The van der Waals surface area contributed by atoms with Gasteiger partial charge >= 0.3 is 12.1 Å². The molecule has 2 rings (SSSR count). The number of nitrogens with zero attached hydrogens (tertiary/aromatic N) is 2. The summed E-state index contributed by atoms with van der Waals surface area (Å²) in [5.41, 5.74) is 1.64. The topological polar surface area (TPSA) is 80.3 Å². The number of benzene rings is 1. The van der Waals surface area contributed by atoms with E-state index in [-0.39, 0.29) is 24.6 Å². The number of rotatable bonds is 8. The van der Waals surface area contributed by atoms with Gasteiger partial charge in [-0.25, -0.2) is 4.79 Å². The van der Waals surface area contributed by atoms with Gasteiger partial charge in [0.15, 0.2) is 0 Å². The van der Waals surface area contributed by atoms with Crippen molar-refractivity contribution in [1.82, 2.24) is 15.1 Å². The van der Waals surface area contributed by atoms with Crippen LogP contribution >= 0.6 is 0 Å². The highest BCUT2D eigenvalue weighted by molar-refractivity contribution is 5.71. The Morgan fingerprint density at radius 1 is 1.23 bits per heavy atom. The molecule has 174 valence electrons. The van der Waals surface area contributed by atoms with E-state index in [4.69, 9.17) is 14.2 Å². The molecule has 0 aliphatic carbocycles. The summed E-state index contributed by atoms with van der Waals surface area (Å²) in [6, 6.07) is 6.21. The highest BCUT2D eigenvalue weighted by atomic mass is 16.6. The lowest BCUT2D eigenvalue weighted by Gasteiger charge is -2.40. The van der Waals surface area contributed by atoms with Gasteiger partial charge in [-0.1, -0.05) is 12.1 Å². The molecule has 1 N–H and O–H groups in total. The number of carbonyl (C=O) groups is 2. The van der Waals surface area contributed by atoms with E-state index in [0.717, 1.165) is 36.5 Å². The predicted octanol–water partition coefficient (Wildman–Crippen LogP) is 2.79. The maximum Gasteiger partial charge on any atom is 0.410 e. The van der Waals surface area contributed by atoms with E-state index >= 15 is 0 Å². The first-order chi connectivity index (χ1) is 14.6. The third-order valence-corrected chi connectivity index (χ3v) is 4.99. The molecule has 1 fully saturated rings. The molecule has 0 saturated carbocycles. The van der Waals surface area contributed by atoms with Crippen LogP contribution in [0.5, 0.6) is 5.75 Å². The molecule has 1 aliphatic rings. The van der Waals surface area contributed by atoms with Crippen molar-refractivity contribution in [3.05, 3.63) is 29.3 Å². The van der Waals surface area contributed by atoms with Crippen LogP contribution in [-0.2, 0) is 27.4 Å². The van der Waals surface area contributed by atoms with Crippen LogP contribution in [0.3, 0.4) is 0 Å². The minimum atomic E-state index is -0.489. The Hall–Kier alpha value is -2.32. The van der Waals surface area contributed by atoms with Gasteiger partial charge in [-0.05, 0) is 46.2 Å². The number of amides is 1. The second-order valence-corrected chi connectivity index (χ2v) is 8.81.